The van der Waals surface area contributed by atoms with Crippen molar-refractivity contribution in [1.29, 1.82) is 0 Å². The number of rotatable bonds is 9. The molecule has 2 heterocycles. The van der Waals surface area contributed by atoms with Gasteiger partial charge < -0.3 is 14.4 Å². The van der Waals surface area contributed by atoms with E-state index in [1.807, 2.05) is 30.0 Å². The summed E-state index contributed by atoms with van der Waals surface area (Å²) in [6.07, 6.45) is 5.79. The lowest BCUT2D eigenvalue weighted by atomic mass is 10.1. The molecule has 0 atom stereocenters. The van der Waals surface area contributed by atoms with Gasteiger partial charge in [0.1, 0.15) is 0 Å². The zero-order chi connectivity index (χ0) is 23.8. The Morgan fingerprint density at radius 1 is 1.03 bits per heavy atom. The van der Waals surface area contributed by atoms with Gasteiger partial charge in [-0.25, -0.2) is 4.98 Å². The molecule has 178 valence electrons. The van der Waals surface area contributed by atoms with Crippen molar-refractivity contribution < 1.29 is 19.1 Å². The third-order valence-electron chi connectivity index (χ3n) is 5.56. The summed E-state index contributed by atoms with van der Waals surface area (Å²) in [6.45, 7) is 3.79. The van der Waals surface area contributed by atoms with Crippen LogP contribution in [0, 0.1) is 0 Å². The van der Waals surface area contributed by atoms with Crippen LogP contribution in [-0.2, 0) is 11.2 Å². The van der Waals surface area contributed by atoms with Gasteiger partial charge in [-0.05, 0) is 49.9 Å². The molecule has 0 spiro atoms. The molecule has 1 aromatic heterocycles. The molecule has 1 N–H and O–H groups in total. The second kappa shape index (κ2) is 11.7. The third kappa shape index (κ3) is 6.35. The first-order valence-electron chi connectivity index (χ1n) is 11.6. The molecule has 2 amide bonds. The van der Waals surface area contributed by atoms with Gasteiger partial charge in [0.25, 0.3) is 11.8 Å². The largest absolute Gasteiger partial charge is 0.490 e. The Labute approximate surface area is 203 Å². The number of hydrogen-bond donors (Lipinski definition) is 1. The van der Waals surface area contributed by atoms with Gasteiger partial charge in [-0.15, -0.1) is 11.3 Å². The normalized spacial score (nSPS) is 13.4. The summed E-state index contributed by atoms with van der Waals surface area (Å²) >= 11 is 1.45. The van der Waals surface area contributed by atoms with Gasteiger partial charge in [-0.2, -0.15) is 0 Å². The molecule has 2 aromatic carbocycles. The number of anilines is 1. The average molecular weight is 480 g/mol. The number of amides is 2. The van der Waals surface area contributed by atoms with E-state index in [1.165, 1.54) is 16.9 Å². The van der Waals surface area contributed by atoms with E-state index in [0.717, 1.165) is 43.6 Å². The summed E-state index contributed by atoms with van der Waals surface area (Å²) in [5, 5.41) is 3.40. The molecule has 34 heavy (non-hydrogen) atoms. The summed E-state index contributed by atoms with van der Waals surface area (Å²) in [5.74, 6) is 0.574. The van der Waals surface area contributed by atoms with E-state index in [1.54, 1.807) is 24.4 Å². The van der Waals surface area contributed by atoms with Crippen LogP contribution in [0.25, 0.3) is 0 Å². The number of carbonyl (C=O) groups is 2. The number of benzene rings is 2. The predicted octanol–water partition coefficient (Wildman–Crippen LogP) is 4.78. The minimum absolute atomic E-state index is 0.0287. The van der Waals surface area contributed by atoms with Crippen LogP contribution in [0.2, 0.25) is 0 Å². The standard InChI is InChI=1S/C26H29N3O4S/c1-2-32-23-16-20(11-12-22(23)33-18-24(30)29-13-7-4-8-14-29)25(31)28-26-27-17-21(34-26)15-19-9-5-3-6-10-19/h3,5-6,9-12,16-17H,2,4,7-8,13-15,18H2,1H3,(H,27,28,31). The van der Waals surface area contributed by atoms with Gasteiger partial charge in [0.2, 0.25) is 0 Å². The van der Waals surface area contributed by atoms with Crippen molar-refractivity contribution in [2.24, 2.45) is 0 Å². The Kier molecular flexibility index (Phi) is 8.14. The highest BCUT2D eigenvalue weighted by atomic mass is 32.1. The van der Waals surface area contributed by atoms with E-state index >= 15 is 0 Å². The maximum atomic E-state index is 12.8. The molecule has 1 aliphatic rings. The molecule has 0 aliphatic carbocycles. The van der Waals surface area contributed by atoms with Crippen molar-refractivity contribution in [3.63, 3.8) is 0 Å². The Morgan fingerprint density at radius 3 is 2.59 bits per heavy atom. The maximum Gasteiger partial charge on any atom is 0.260 e. The summed E-state index contributed by atoms with van der Waals surface area (Å²) in [7, 11) is 0. The van der Waals surface area contributed by atoms with E-state index < -0.39 is 0 Å². The molecule has 0 unspecified atom stereocenters. The number of ether oxygens (including phenoxy) is 2. The van der Waals surface area contributed by atoms with E-state index in [-0.39, 0.29) is 18.4 Å². The predicted molar refractivity (Wildman–Crippen MR) is 133 cm³/mol. The lowest BCUT2D eigenvalue weighted by Gasteiger charge is -2.26. The summed E-state index contributed by atoms with van der Waals surface area (Å²) < 4.78 is 11.4. The van der Waals surface area contributed by atoms with Gasteiger partial charge in [0, 0.05) is 36.1 Å². The molecule has 3 aromatic rings. The summed E-state index contributed by atoms with van der Waals surface area (Å²) in [4.78, 5) is 32.5. The molecular formula is C26H29N3O4S. The molecule has 7 nitrogen and oxygen atoms in total. The summed E-state index contributed by atoms with van der Waals surface area (Å²) in [5.41, 5.74) is 1.62. The third-order valence-corrected chi connectivity index (χ3v) is 6.47. The highest BCUT2D eigenvalue weighted by molar-refractivity contribution is 7.15. The minimum Gasteiger partial charge on any atom is -0.490 e. The minimum atomic E-state index is -0.280. The molecule has 8 heteroatoms. The van der Waals surface area contributed by atoms with Crippen molar-refractivity contribution in [2.75, 3.05) is 31.6 Å². The Morgan fingerprint density at radius 2 is 1.82 bits per heavy atom. The Bertz CT molecular complexity index is 1110. The zero-order valence-corrected chi connectivity index (χ0v) is 20.1. The fraction of sp³-hybridized carbons (Fsp3) is 0.346. The van der Waals surface area contributed by atoms with E-state index in [9.17, 15) is 9.59 Å². The molecule has 0 radical (unpaired) electrons. The lowest BCUT2D eigenvalue weighted by Crippen LogP contribution is -2.38. The van der Waals surface area contributed by atoms with Crippen molar-refractivity contribution in [2.45, 2.75) is 32.6 Å². The van der Waals surface area contributed by atoms with Crippen LogP contribution >= 0.6 is 11.3 Å². The maximum absolute atomic E-state index is 12.8. The van der Waals surface area contributed by atoms with Crippen LogP contribution < -0.4 is 14.8 Å². The molecule has 1 fully saturated rings. The molecule has 0 bridgehead atoms. The molecule has 1 aliphatic heterocycles. The first kappa shape index (κ1) is 23.8. The number of piperidine rings is 1. The van der Waals surface area contributed by atoms with E-state index in [2.05, 4.69) is 22.4 Å². The highest BCUT2D eigenvalue weighted by Crippen LogP contribution is 2.29. The Balaban J connectivity index is 1.38. The zero-order valence-electron chi connectivity index (χ0n) is 19.3. The monoisotopic (exact) mass is 479 g/mol. The fourth-order valence-corrected chi connectivity index (χ4v) is 4.67. The van der Waals surface area contributed by atoms with Gasteiger partial charge in [0.05, 0.1) is 6.61 Å². The van der Waals surface area contributed by atoms with Gasteiger partial charge in [0.15, 0.2) is 23.2 Å². The van der Waals surface area contributed by atoms with Gasteiger partial charge in [-0.1, -0.05) is 30.3 Å². The number of nitrogens with one attached hydrogen (secondary N) is 1. The molecular weight excluding hydrogens is 450 g/mol. The summed E-state index contributed by atoms with van der Waals surface area (Å²) in [6, 6.07) is 15.1. The van der Waals surface area contributed by atoms with Crippen molar-refractivity contribution in [3.05, 3.63) is 70.7 Å². The van der Waals surface area contributed by atoms with Crippen LogP contribution in [0.5, 0.6) is 11.5 Å². The number of likely N-dealkylation sites (tertiary alicyclic amines) is 1. The van der Waals surface area contributed by atoms with Crippen molar-refractivity contribution >= 4 is 28.3 Å². The topological polar surface area (TPSA) is 80.8 Å². The average Bonchev–Trinajstić information content (AvgIpc) is 3.30. The molecule has 1 saturated heterocycles. The van der Waals surface area contributed by atoms with Crippen LogP contribution in [0.15, 0.2) is 54.7 Å². The number of aromatic nitrogens is 1. The second-order valence-electron chi connectivity index (χ2n) is 8.07. The number of hydrogen-bond acceptors (Lipinski definition) is 6. The lowest BCUT2D eigenvalue weighted by molar-refractivity contribution is -0.134. The first-order chi connectivity index (χ1) is 16.6. The van der Waals surface area contributed by atoms with Crippen LogP contribution in [0.3, 0.4) is 0 Å². The second-order valence-corrected chi connectivity index (χ2v) is 9.19. The fourth-order valence-electron chi connectivity index (χ4n) is 3.82. The number of carbonyl (C=O) groups excluding carboxylic acids is 2. The SMILES string of the molecule is CCOc1cc(C(=O)Nc2ncc(Cc3ccccc3)s2)ccc1OCC(=O)N1CCCCC1. The van der Waals surface area contributed by atoms with Crippen molar-refractivity contribution in [1.82, 2.24) is 9.88 Å². The van der Waals surface area contributed by atoms with E-state index in [0.29, 0.717) is 28.8 Å². The van der Waals surface area contributed by atoms with Crippen LogP contribution in [-0.4, -0.2) is 48.0 Å². The number of thiazole rings is 1. The van der Waals surface area contributed by atoms with Crippen LogP contribution in [0.4, 0.5) is 5.13 Å². The number of nitrogens with zero attached hydrogens (tertiary/aromatic N) is 2. The van der Waals surface area contributed by atoms with Crippen LogP contribution in [0.1, 0.15) is 47.0 Å². The molecule has 4 rings (SSSR count). The quantitative estimate of drug-likeness (QED) is 0.478. The van der Waals surface area contributed by atoms with Crippen molar-refractivity contribution in [3.8, 4) is 11.5 Å². The smallest absolute Gasteiger partial charge is 0.260 e. The molecule has 0 saturated carbocycles. The highest BCUT2D eigenvalue weighted by Gasteiger charge is 2.19. The Hall–Kier alpha value is -3.39. The first-order valence-corrected chi connectivity index (χ1v) is 12.4. The van der Waals surface area contributed by atoms with E-state index in [4.69, 9.17) is 9.47 Å². The van der Waals surface area contributed by atoms with Gasteiger partial charge in [-0.3, -0.25) is 14.9 Å². The van der Waals surface area contributed by atoms with Gasteiger partial charge >= 0.3 is 0 Å².